The van der Waals surface area contributed by atoms with E-state index in [-0.39, 0.29) is 17.5 Å². The summed E-state index contributed by atoms with van der Waals surface area (Å²) in [6.45, 7) is 9.89. The first-order valence-electron chi connectivity index (χ1n) is 9.16. The van der Waals surface area contributed by atoms with Crippen molar-refractivity contribution in [2.24, 2.45) is 0 Å². The minimum Gasteiger partial charge on any atom is -0.443 e. The lowest BCUT2D eigenvalue weighted by Gasteiger charge is -2.28. The first-order chi connectivity index (χ1) is 13.3. The minimum atomic E-state index is -0.819. The van der Waals surface area contributed by atoms with Crippen LogP contribution in [0.4, 0.5) is 4.79 Å². The molecular weight excluding hydrogens is 376 g/mol. The molecule has 1 heterocycles. The van der Waals surface area contributed by atoms with Crippen molar-refractivity contribution in [2.45, 2.75) is 52.7 Å². The maximum atomic E-state index is 13.0. The Kier molecular flexibility index (Phi) is 6.27. The number of aldehydes is 1. The molecule has 0 fully saturated rings. The summed E-state index contributed by atoms with van der Waals surface area (Å²) in [6, 6.07) is 6.41. The zero-order valence-electron chi connectivity index (χ0n) is 17.5. The summed E-state index contributed by atoms with van der Waals surface area (Å²) in [6.07, 6.45) is 0.892. The van der Waals surface area contributed by atoms with Crippen molar-refractivity contribution in [2.75, 3.05) is 6.54 Å². The number of amides is 1. The van der Waals surface area contributed by atoms with Crippen LogP contribution in [0, 0.1) is 0 Å². The van der Waals surface area contributed by atoms with Gasteiger partial charge in [0.1, 0.15) is 24.0 Å². The number of carbonyl (C=O) groups is 3. The lowest BCUT2D eigenvalue weighted by atomic mass is 10.1. The van der Waals surface area contributed by atoms with E-state index in [2.05, 4.69) is 0 Å². The molecule has 1 aromatic heterocycles. The van der Waals surface area contributed by atoms with Gasteiger partial charge in [-0.15, -0.1) is 0 Å². The van der Waals surface area contributed by atoms with Gasteiger partial charge < -0.3 is 9.53 Å². The molecule has 0 saturated heterocycles. The summed E-state index contributed by atoms with van der Waals surface area (Å²) in [5.41, 5.74) is -2.12. The lowest BCUT2D eigenvalue weighted by Crippen LogP contribution is -2.41. The summed E-state index contributed by atoms with van der Waals surface area (Å²) >= 11 is 0. The topological polar surface area (TPSA) is 94.9 Å². The first kappa shape index (κ1) is 22.3. The number of rotatable bonds is 4. The Morgan fingerprint density at radius 3 is 2.24 bits per heavy atom. The van der Waals surface area contributed by atoms with E-state index in [1.165, 1.54) is 6.07 Å². The molecule has 156 valence electrons. The van der Waals surface area contributed by atoms with Crippen LogP contribution in [0.3, 0.4) is 0 Å². The molecule has 0 aliphatic carbocycles. The highest BCUT2D eigenvalue weighted by atomic mass is 16.7. The number of nitrogens with zero attached hydrogens (tertiary/aromatic N) is 2. The smallest absolute Gasteiger partial charge is 0.419 e. The Labute approximate surface area is 169 Å². The number of ether oxygens (including phenoxy) is 1. The molecule has 0 atom stereocenters. The third kappa shape index (κ3) is 5.51. The van der Waals surface area contributed by atoms with Crippen LogP contribution in [0.1, 0.15) is 51.9 Å². The van der Waals surface area contributed by atoms with Crippen LogP contribution in [0.25, 0.3) is 10.9 Å². The number of pyridine rings is 1. The van der Waals surface area contributed by atoms with Crippen LogP contribution in [-0.4, -0.2) is 45.7 Å². The van der Waals surface area contributed by atoms with Gasteiger partial charge in [-0.25, -0.2) is 9.86 Å². The monoisotopic (exact) mass is 402 g/mol. The van der Waals surface area contributed by atoms with Crippen molar-refractivity contribution in [1.82, 2.24) is 9.63 Å². The second-order valence-corrected chi connectivity index (χ2v) is 8.48. The highest BCUT2D eigenvalue weighted by molar-refractivity contribution is 5.99. The van der Waals surface area contributed by atoms with Crippen molar-refractivity contribution in [3.63, 3.8) is 0 Å². The number of hydrogen-bond acceptors (Lipinski definition) is 6. The average molecular weight is 402 g/mol. The van der Waals surface area contributed by atoms with Gasteiger partial charge in [0, 0.05) is 11.6 Å². The molecule has 29 heavy (non-hydrogen) atoms. The van der Waals surface area contributed by atoms with Crippen LogP contribution >= 0.6 is 0 Å². The van der Waals surface area contributed by atoms with Crippen LogP contribution < -0.4 is 5.43 Å². The van der Waals surface area contributed by atoms with Crippen molar-refractivity contribution >= 4 is 29.2 Å². The first-order valence-corrected chi connectivity index (χ1v) is 9.16. The normalized spacial score (nSPS) is 11.9. The van der Waals surface area contributed by atoms with Gasteiger partial charge in [-0.1, -0.05) is 12.1 Å². The molecule has 8 nitrogen and oxygen atoms in total. The standard InChI is InChI=1S/C21H26N2O6/c1-20(2,3)28-19(27)22-13-15(17(25)14-9-7-8-10-16(14)22)18(26)23(11-12-24)29-21(4,5)6/h7-10,12-13H,11H2,1-6H3. The second kappa shape index (κ2) is 8.16. The SMILES string of the molecule is CC(C)(C)OC(=O)n1cc(C(=O)N(CC=O)OC(C)(C)C)c(=O)c2ccccc21. The van der Waals surface area contributed by atoms with E-state index >= 15 is 0 Å². The van der Waals surface area contributed by atoms with E-state index in [0.717, 1.165) is 15.8 Å². The molecule has 0 aliphatic rings. The zero-order chi connectivity index (χ0) is 22.0. The van der Waals surface area contributed by atoms with E-state index in [1.54, 1.807) is 59.7 Å². The van der Waals surface area contributed by atoms with Gasteiger partial charge >= 0.3 is 6.09 Å². The molecule has 0 aliphatic heterocycles. The van der Waals surface area contributed by atoms with Crippen molar-refractivity contribution in [3.05, 3.63) is 46.2 Å². The second-order valence-electron chi connectivity index (χ2n) is 8.48. The number of carbonyl (C=O) groups excluding carboxylic acids is 3. The van der Waals surface area contributed by atoms with E-state index in [1.807, 2.05) is 0 Å². The minimum absolute atomic E-state index is 0.172. The van der Waals surface area contributed by atoms with Gasteiger partial charge in [-0.05, 0) is 53.7 Å². The Balaban J connectivity index is 2.65. The molecular formula is C21H26N2O6. The van der Waals surface area contributed by atoms with Gasteiger partial charge in [0.05, 0.1) is 11.1 Å². The average Bonchev–Trinajstić information content (AvgIpc) is 2.58. The Morgan fingerprint density at radius 2 is 1.69 bits per heavy atom. The quantitative estimate of drug-likeness (QED) is 0.576. The highest BCUT2D eigenvalue weighted by Crippen LogP contribution is 2.18. The van der Waals surface area contributed by atoms with Gasteiger partial charge in [0.2, 0.25) is 5.43 Å². The molecule has 0 radical (unpaired) electrons. The fourth-order valence-corrected chi connectivity index (χ4v) is 2.59. The number of fused-ring (bicyclic) bond motifs is 1. The molecule has 2 aromatic rings. The van der Waals surface area contributed by atoms with Crippen LogP contribution in [0.5, 0.6) is 0 Å². The number of hydrogen-bond donors (Lipinski definition) is 0. The van der Waals surface area contributed by atoms with E-state index in [0.29, 0.717) is 11.8 Å². The van der Waals surface area contributed by atoms with Crippen LogP contribution in [0.15, 0.2) is 35.3 Å². The Bertz CT molecular complexity index is 995. The molecule has 0 bridgehead atoms. The maximum Gasteiger partial charge on any atom is 0.419 e. The van der Waals surface area contributed by atoms with Crippen LogP contribution in [0.2, 0.25) is 0 Å². The van der Waals surface area contributed by atoms with E-state index in [9.17, 15) is 19.2 Å². The zero-order valence-corrected chi connectivity index (χ0v) is 17.5. The third-order valence-electron chi connectivity index (χ3n) is 3.58. The van der Waals surface area contributed by atoms with Gasteiger partial charge in [0.25, 0.3) is 5.91 Å². The van der Waals surface area contributed by atoms with Crippen molar-refractivity contribution < 1.29 is 24.0 Å². The summed E-state index contributed by atoms with van der Waals surface area (Å²) in [4.78, 5) is 55.2. The van der Waals surface area contributed by atoms with E-state index in [4.69, 9.17) is 9.57 Å². The predicted molar refractivity (Wildman–Crippen MR) is 108 cm³/mol. The molecule has 0 saturated carbocycles. The summed E-state index contributed by atoms with van der Waals surface area (Å²) in [5.74, 6) is -0.819. The molecule has 0 N–H and O–H groups in total. The number of benzene rings is 1. The Hall–Kier alpha value is -3.00. The van der Waals surface area contributed by atoms with Crippen molar-refractivity contribution in [1.29, 1.82) is 0 Å². The molecule has 2 rings (SSSR count). The summed E-state index contributed by atoms with van der Waals surface area (Å²) < 4.78 is 6.52. The maximum absolute atomic E-state index is 13.0. The molecule has 8 heteroatoms. The largest absolute Gasteiger partial charge is 0.443 e. The highest BCUT2D eigenvalue weighted by Gasteiger charge is 2.28. The van der Waals surface area contributed by atoms with Gasteiger partial charge in [0.15, 0.2) is 0 Å². The molecule has 1 amide bonds. The number of para-hydroxylation sites is 1. The molecule has 0 unspecified atom stereocenters. The summed E-state index contributed by atoms with van der Waals surface area (Å²) in [7, 11) is 0. The van der Waals surface area contributed by atoms with Gasteiger partial charge in [-0.2, -0.15) is 0 Å². The lowest BCUT2D eigenvalue weighted by molar-refractivity contribution is -0.194. The van der Waals surface area contributed by atoms with E-state index < -0.39 is 28.6 Å². The fourth-order valence-electron chi connectivity index (χ4n) is 2.59. The fraction of sp³-hybridized carbons (Fsp3) is 0.429. The third-order valence-corrected chi connectivity index (χ3v) is 3.58. The van der Waals surface area contributed by atoms with Crippen molar-refractivity contribution in [3.8, 4) is 0 Å². The number of aromatic nitrogens is 1. The predicted octanol–water partition coefficient (Wildman–Crippen LogP) is 3.16. The summed E-state index contributed by atoms with van der Waals surface area (Å²) in [5, 5.41) is 0.990. The van der Waals surface area contributed by atoms with Gasteiger partial charge in [-0.3, -0.25) is 19.0 Å². The number of hydroxylamine groups is 2. The molecule has 0 spiro atoms. The molecule has 1 aromatic carbocycles. The van der Waals surface area contributed by atoms with Crippen LogP contribution in [-0.2, 0) is 14.4 Å². The Morgan fingerprint density at radius 1 is 1.07 bits per heavy atom.